The van der Waals surface area contributed by atoms with Gasteiger partial charge < -0.3 is 0 Å². The molecule has 64 valence electrons. The molecule has 0 unspecified atom stereocenters. The molecule has 0 heterocycles. The van der Waals surface area contributed by atoms with Gasteiger partial charge in [-0.15, -0.1) is 0 Å². The van der Waals surface area contributed by atoms with Crippen LogP contribution in [-0.4, -0.2) is 0 Å². The summed E-state index contributed by atoms with van der Waals surface area (Å²) in [5.41, 5.74) is 0. The molecule has 0 spiro atoms. The molecule has 0 aromatic rings. The fourth-order valence-electron chi connectivity index (χ4n) is 0. The molecule has 0 amide bonds. The SMILES string of the molecule is [Cl][Fe]([Cl])[Cl].[Cl][Mn]([Cl])([Cl])[Cl]. The zero-order valence-corrected chi connectivity index (χ0v) is 11.0. The van der Waals surface area contributed by atoms with Gasteiger partial charge >= 0.3 is 91.1 Å². The molecule has 0 aliphatic rings. The van der Waals surface area contributed by atoms with E-state index in [0.29, 0.717) is 0 Å². The predicted octanol–water partition coefficient (Wildman–Crippen LogP) is 4.82. The van der Waals surface area contributed by atoms with Crippen molar-refractivity contribution in [3.63, 3.8) is 0 Å². The van der Waals surface area contributed by atoms with Gasteiger partial charge in [0.1, 0.15) is 0 Å². The minimum atomic E-state index is -2.74. The molecule has 0 nitrogen and oxygen atoms in total. The topological polar surface area (TPSA) is 0 Å². The molecule has 9 heteroatoms. The standard InChI is InChI=1S/7ClH.Fe.Mn/h7*1H;;/q;;;;;;;+3;+4/p-7. The van der Waals surface area contributed by atoms with Crippen LogP contribution < -0.4 is 0 Å². The number of hydrogen-bond donors (Lipinski definition) is 0. The summed E-state index contributed by atoms with van der Waals surface area (Å²) < 4.78 is 0. The monoisotopic (exact) mass is 356 g/mol. The van der Waals surface area contributed by atoms with Gasteiger partial charge in [0.05, 0.1) is 0 Å². The van der Waals surface area contributed by atoms with E-state index in [1.165, 1.54) is 0 Å². The number of rotatable bonds is 0. The molecule has 0 atom stereocenters. The summed E-state index contributed by atoms with van der Waals surface area (Å²) in [7, 11) is 31.8. The van der Waals surface area contributed by atoms with Crippen LogP contribution in [0.3, 0.4) is 0 Å². The second-order valence-electron chi connectivity index (χ2n) is 0.475. The van der Waals surface area contributed by atoms with E-state index in [1.54, 1.807) is 0 Å². The van der Waals surface area contributed by atoms with Gasteiger partial charge in [-0.2, -0.15) is 0 Å². The van der Waals surface area contributed by atoms with Crippen LogP contribution in [0.1, 0.15) is 0 Å². The minimum absolute atomic E-state index is 1.33. The zero-order chi connectivity index (χ0) is 8.08. The maximum atomic E-state index is 4.97. The molecule has 0 saturated heterocycles. The second-order valence-corrected chi connectivity index (χ2v) is 17.6. The summed E-state index contributed by atoms with van der Waals surface area (Å²) in [6, 6.07) is 0. The Kier molecular flexibility index (Phi) is 12.5. The van der Waals surface area contributed by atoms with Gasteiger partial charge in [-0.1, -0.05) is 0 Å². The molecule has 0 aromatic carbocycles. The van der Waals surface area contributed by atoms with Gasteiger partial charge in [-0.3, -0.25) is 0 Å². The summed E-state index contributed by atoms with van der Waals surface area (Å²) in [4.78, 5) is 0. The normalized spacial score (nSPS) is 13.4. The van der Waals surface area contributed by atoms with E-state index in [2.05, 4.69) is 0 Å². The van der Waals surface area contributed by atoms with E-state index in [1.807, 2.05) is 0 Å². The van der Waals surface area contributed by atoms with E-state index < -0.39 is 20.4 Å². The van der Waals surface area contributed by atoms with Gasteiger partial charge in [0.2, 0.25) is 0 Å². The predicted molar refractivity (Wildman–Crippen MR) is 41.0 cm³/mol. The molecule has 0 bridgehead atoms. The molecule has 0 aromatic heterocycles. The molecule has 0 aliphatic carbocycles. The van der Waals surface area contributed by atoms with Gasteiger partial charge in [-0.25, -0.2) is 0 Å². The van der Waals surface area contributed by atoms with Crippen molar-refractivity contribution in [3.8, 4) is 0 Å². The van der Waals surface area contributed by atoms with Crippen LogP contribution in [0.4, 0.5) is 0 Å². The fraction of sp³-hybridized carbons (Fsp3) is 0. The Labute approximate surface area is 89.7 Å². The fourth-order valence-corrected chi connectivity index (χ4v) is 0. The van der Waals surface area contributed by atoms with E-state index in [9.17, 15) is 0 Å². The van der Waals surface area contributed by atoms with Gasteiger partial charge in [0, 0.05) is 0 Å². The van der Waals surface area contributed by atoms with Crippen molar-refractivity contribution in [1.82, 2.24) is 0 Å². The van der Waals surface area contributed by atoms with E-state index in [4.69, 9.17) is 70.7 Å². The van der Waals surface area contributed by atoms with Crippen molar-refractivity contribution in [1.29, 1.82) is 0 Å². The van der Waals surface area contributed by atoms with Crippen LogP contribution >= 0.6 is 70.7 Å². The summed E-state index contributed by atoms with van der Waals surface area (Å²) in [6.45, 7) is 0. The first-order chi connectivity index (χ1) is 3.73. The van der Waals surface area contributed by atoms with E-state index in [-0.39, 0.29) is 0 Å². The summed E-state index contributed by atoms with van der Waals surface area (Å²) in [5.74, 6) is 0. The van der Waals surface area contributed by atoms with E-state index in [0.717, 1.165) is 0 Å². The second kappa shape index (κ2) is 7.70. The van der Waals surface area contributed by atoms with Crippen molar-refractivity contribution < 1.29 is 20.4 Å². The van der Waals surface area contributed by atoms with Crippen LogP contribution in [0.25, 0.3) is 0 Å². The Hall–Kier alpha value is 3.07. The summed E-state index contributed by atoms with van der Waals surface area (Å²) >= 11 is -1.33. The van der Waals surface area contributed by atoms with Crippen molar-refractivity contribution in [2.75, 3.05) is 0 Å². The van der Waals surface area contributed by atoms with Crippen LogP contribution in [-0.2, 0) is 20.4 Å². The van der Waals surface area contributed by atoms with Gasteiger partial charge in [-0.05, 0) is 0 Å². The molecule has 0 rings (SSSR count). The first kappa shape index (κ1) is 14.6. The molecule has 0 fully saturated rings. The van der Waals surface area contributed by atoms with Crippen LogP contribution in [0.5, 0.6) is 0 Å². The van der Waals surface area contributed by atoms with Crippen molar-refractivity contribution >= 4 is 70.7 Å². The van der Waals surface area contributed by atoms with Gasteiger partial charge in [0.15, 0.2) is 0 Å². The van der Waals surface area contributed by atoms with Gasteiger partial charge in [0.25, 0.3) is 0 Å². The molecule has 0 saturated carbocycles. The average molecular weight is 359 g/mol. The Morgan fingerprint density at radius 1 is 0.778 bits per heavy atom. The summed E-state index contributed by atoms with van der Waals surface area (Å²) in [6.07, 6.45) is 0. The Balaban J connectivity index is 0. The van der Waals surface area contributed by atoms with Crippen molar-refractivity contribution in [2.45, 2.75) is 0 Å². The molecule has 0 aliphatic heterocycles. The van der Waals surface area contributed by atoms with Crippen LogP contribution in [0, 0.1) is 0 Å². The van der Waals surface area contributed by atoms with Crippen LogP contribution in [0.15, 0.2) is 0 Å². The first-order valence-electron chi connectivity index (χ1n) is 0.972. The first-order valence-corrected chi connectivity index (χ1v) is 12.0. The Morgan fingerprint density at radius 3 is 0.778 bits per heavy atom. The molecule has 0 N–H and O–H groups in total. The maximum absolute atomic E-state index is 4.97. The number of hydrogen-bond acceptors (Lipinski definition) is 0. The third kappa shape index (κ3) is 96.7. The third-order valence-corrected chi connectivity index (χ3v) is 0. The van der Waals surface area contributed by atoms with E-state index >= 15 is 0 Å². The Morgan fingerprint density at radius 2 is 0.778 bits per heavy atom. The zero-order valence-electron chi connectivity index (χ0n) is 3.38. The quantitative estimate of drug-likeness (QED) is 0.544. The molecule has 9 heavy (non-hydrogen) atoms. The average Bonchev–Trinajstić information content (AvgIpc) is 1.19. The molecular weight excluding hydrogens is 359 g/mol. The van der Waals surface area contributed by atoms with Crippen molar-refractivity contribution in [3.05, 3.63) is 0 Å². The van der Waals surface area contributed by atoms with Crippen LogP contribution in [0.2, 0.25) is 0 Å². The van der Waals surface area contributed by atoms with Crippen molar-refractivity contribution in [2.24, 2.45) is 0 Å². The number of halogens is 7. The molecular formula is Cl7FeMn. The Bertz CT molecular complexity index is 45.7. The summed E-state index contributed by atoms with van der Waals surface area (Å²) in [5, 5.41) is 0. The third-order valence-electron chi connectivity index (χ3n) is 0. The molecule has 0 radical (unpaired) electrons.